The quantitative estimate of drug-likeness (QED) is 0.239. The highest BCUT2D eigenvalue weighted by Crippen LogP contribution is 2.29. The minimum absolute atomic E-state index is 0.236. The van der Waals surface area contributed by atoms with Crippen molar-refractivity contribution in [2.75, 3.05) is 6.61 Å². The van der Waals surface area contributed by atoms with Crippen LogP contribution < -0.4 is 0 Å². The number of halogens is 1. The van der Waals surface area contributed by atoms with Gasteiger partial charge in [-0.1, -0.05) is 76.6 Å². The van der Waals surface area contributed by atoms with Crippen LogP contribution in [0.5, 0.6) is 0 Å². The van der Waals surface area contributed by atoms with Crippen LogP contribution in [0.4, 0.5) is 0 Å². The lowest BCUT2D eigenvalue weighted by molar-refractivity contribution is 0.0478. The van der Waals surface area contributed by atoms with E-state index in [9.17, 15) is 9.59 Å². The molecule has 0 aliphatic heterocycles. The van der Waals surface area contributed by atoms with Crippen LogP contribution >= 0.6 is 15.9 Å². The summed E-state index contributed by atoms with van der Waals surface area (Å²) < 4.78 is 6.28. The third-order valence-electron chi connectivity index (χ3n) is 4.48. The Kier molecular flexibility index (Phi) is 4.73. The Morgan fingerprint density at radius 3 is 1.93 bits per heavy atom. The van der Waals surface area contributed by atoms with Crippen molar-refractivity contribution in [3.63, 3.8) is 0 Å². The fourth-order valence-corrected chi connectivity index (χ4v) is 3.42. The van der Waals surface area contributed by atoms with Crippen LogP contribution in [0.15, 0.2) is 83.3 Å². The van der Waals surface area contributed by atoms with E-state index in [0.717, 1.165) is 26.0 Å². The number of esters is 1. The number of hydrogen-bond donors (Lipinski definition) is 0. The number of rotatable bonds is 4. The molecule has 0 saturated carbocycles. The summed E-state index contributed by atoms with van der Waals surface area (Å²) in [5.74, 6) is -0.728. The van der Waals surface area contributed by atoms with E-state index >= 15 is 0 Å². The average molecular weight is 419 g/mol. The SMILES string of the molecule is O=C(COC(=O)c1c2ccccc2cc2ccccc12)c1ccc(Br)cc1. The molecule has 0 bridgehead atoms. The number of carbonyl (C=O) groups is 2. The molecule has 27 heavy (non-hydrogen) atoms. The topological polar surface area (TPSA) is 43.4 Å². The van der Waals surface area contributed by atoms with Gasteiger partial charge in [0.05, 0.1) is 5.56 Å². The summed E-state index contributed by atoms with van der Waals surface area (Å²) in [6.45, 7) is -0.294. The normalized spacial score (nSPS) is 10.9. The van der Waals surface area contributed by atoms with Crippen LogP contribution in [-0.2, 0) is 4.74 Å². The highest BCUT2D eigenvalue weighted by molar-refractivity contribution is 9.10. The van der Waals surface area contributed by atoms with Gasteiger partial charge in [0.1, 0.15) is 0 Å². The molecule has 0 radical (unpaired) electrons. The third-order valence-corrected chi connectivity index (χ3v) is 5.00. The fourth-order valence-electron chi connectivity index (χ4n) is 3.16. The molecule has 0 fully saturated rings. The molecule has 4 rings (SSSR count). The molecular weight excluding hydrogens is 404 g/mol. The number of ether oxygens (including phenoxy) is 1. The van der Waals surface area contributed by atoms with E-state index in [-0.39, 0.29) is 12.4 Å². The van der Waals surface area contributed by atoms with Crippen molar-refractivity contribution in [3.8, 4) is 0 Å². The van der Waals surface area contributed by atoms with Crippen LogP contribution in [0, 0.1) is 0 Å². The maximum Gasteiger partial charge on any atom is 0.339 e. The molecule has 0 heterocycles. The Labute approximate surface area is 164 Å². The van der Waals surface area contributed by atoms with Gasteiger partial charge >= 0.3 is 5.97 Å². The molecule has 0 unspecified atom stereocenters. The van der Waals surface area contributed by atoms with Crippen LogP contribution in [-0.4, -0.2) is 18.4 Å². The fraction of sp³-hybridized carbons (Fsp3) is 0.0435. The summed E-state index contributed by atoms with van der Waals surface area (Å²) >= 11 is 3.34. The number of ketones is 1. The Morgan fingerprint density at radius 2 is 1.33 bits per heavy atom. The zero-order chi connectivity index (χ0) is 18.8. The predicted molar refractivity (Wildman–Crippen MR) is 110 cm³/mol. The Balaban J connectivity index is 1.67. The lowest BCUT2D eigenvalue weighted by Crippen LogP contribution is -2.15. The van der Waals surface area contributed by atoms with Crippen molar-refractivity contribution in [2.24, 2.45) is 0 Å². The molecule has 0 atom stereocenters. The summed E-state index contributed by atoms with van der Waals surface area (Å²) in [6.07, 6.45) is 0. The third kappa shape index (κ3) is 3.49. The second kappa shape index (κ2) is 7.33. The van der Waals surface area contributed by atoms with Gasteiger partial charge in [-0.05, 0) is 39.7 Å². The van der Waals surface area contributed by atoms with E-state index < -0.39 is 5.97 Å². The molecule has 132 valence electrons. The smallest absolute Gasteiger partial charge is 0.339 e. The summed E-state index contributed by atoms with van der Waals surface area (Å²) in [4.78, 5) is 25.2. The molecule has 0 aliphatic rings. The Bertz CT molecular complexity index is 1110. The zero-order valence-electron chi connectivity index (χ0n) is 14.3. The first-order valence-electron chi connectivity index (χ1n) is 8.50. The van der Waals surface area contributed by atoms with Gasteiger partial charge in [-0.2, -0.15) is 0 Å². The molecular formula is C23H15BrO3. The molecule has 0 aliphatic carbocycles. The van der Waals surface area contributed by atoms with Gasteiger partial charge in [-0.15, -0.1) is 0 Å². The van der Waals surface area contributed by atoms with Gasteiger partial charge in [0.15, 0.2) is 12.4 Å². The van der Waals surface area contributed by atoms with Gasteiger partial charge in [-0.3, -0.25) is 4.79 Å². The van der Waals surface area contributed by atoms with Crippen molar-refractivity contribution in [3.05, 3.63) is 94.5 Å². The number of Topliss-reactive ketones (excluding diaryl/α,β-unsaturated/α-hetero) is 1. The van der Waals surface area contributed by atoms with Crippen LogP contribution in [0.2, 0.25) is 0 Å². The molecule has 4 aromatic rings. The van der Waals surface area contributed by atoms with E-state index in [1.807, 2.05) is 48.5 Å². The monoisotopic (exact) mass is 418 g/mol. The first-order valence-corrected chi connectivity index (χ1v) is 9.29. The Hall–Kier alpha value is -2.98. The molecule has 4 aromatic carbocycles. The molecule has 0 aromatic heterocycles. The largest absolute Gasteiger partial charge is 0.454 e. The number of fused-ring (bicyclic) bond motifs is 2. The average Bonchev–Trinajstić information content (AvgIpc) is 2.70. The van der Waals surface area contributed by atoms with Gasteiger partial charge in [0.25, 0.3) is 0 Å². The van der Waals surface area contributed by atoms with Crippen molar-refractivity contribution >= 4 is 49.2 Å². The molecule has 0 saturated heterocycles. The van der Waals surface area contributed by atoms with Crippen LogP contribution in [0.25, 0.3) is 21.5 Å². The van der Waals surface area contributed by atoms with Crippen molar-refractivity contribution in [1.29, 1.82) is 0 Å². The van der Waals surface area contributed by atoms with E-state index in [4.69, 9.17) is 4.74 Å². The highest BCUT2D eigenvalue weighted by atomic mass is 79.9. The molecule has 3 nitrogen and oxygen atoms in total. The first kappa shape index (κ1) is 17.4. The summed E-state index contributed by atoms with van der Waals surface area (Å²) in [5.41, 5.74) is 1.00. The van der Waals surface area contributed by atoms with Crippen molar-refractivity contribution in [2.45, 2.75) is 0 Å². The summed E-state index contributed by atoms with van der Waals surface area (Å²) in [7, 11) is 0. The number of hydrogen-bond acceptors (Lipinski definition) is 3. The van der Waals surface area contributed by atoms with E-state index in [1.54, 1.807) is 24.3 Å². The van der Waals surface area contributed by atoms with Crippen LogP contribution in [0.3, 0.4) is 0 Å². The standard InChI is InChI=1S/C23H15BrO3/c24-18-11-9-15(10-12-18)21(25)14-27-23(26)22-19-7-3-1-5-16(19)13-17-6-2-4-8-20(17)22/h1-13H,14H2. The predicted octanol–water partition coefficient (Wildman–Crippen LogP) is 5.80. The maximum absolute atomic E-state index is 12.9. The number of benzene rings is 4. The second-order valence-electron chi connectivity index (χ2n) is 6.20. The van der Waals surface area contributed by atoms with Gasteiger partial charge < -0.3 is 4.74 Å². The molecule has 0 spiro atoms. The lowest BCUT2D eigenvalue weighted by Gasteiger charge is -2.11. The minimum Gasteiger partial charge on any atom is -0.454 e. The maximum atomic E-state index is 12.9. The lowest BCUT2D eigenvalue weighted by atomic mass is 9.97. The van der Waals surface area contributed by atoms with Gasteiger partial charge in [0.2, 0.25) is 0 Å². The molecule has 4 heteroatoms. The van der Waals surface area contributed by atoms with E-state index in [1.165, 1.54) is 0 Å². The summed E-state index contributed by atoms with van der Waals surface area (Å²) in [5, 5.41) is 3.55. The van der Waals surface area contributed by atoms with E-state index in [0.29, 0.717) is 11.1 Å². The molecule has 0 N–H and O–H groups in total. The van der Waals surface area contributed by atoms with E-state index in [2.05, 4.69) is 22.0 Å². The first-order chi connectivity index (χ1) is 13.1. The van der Waals surface area contributed by atoms with Crippen molar-refractivity contribution < 1.29 is 14.3 Å². The highest BCUT2D eigenvalue weighted by Gasteiger charge is 2.18. The Morgan fingerprint density at radius 1 is 0.778 bits per heavy atom. The number of carbonyl (C=O) groups excluding carboxylic acids is 2. The second-order valence-corrected chi connectivity index (χ2v) is 7.12. The van der Waals surface area contributed by atoms with Gasteiger partial charge in [0, 0.05) is 10.0 Å². The van der Waals surface area contributed by atoms with Crippen LogP contribution in [0.1, 0.15) is 20.7 Å². The zero-order valence-corrected chi connectivity index (χ0v) is 15.9. The molecule has 0 amide bonds. The van der Waals surface area contributed by atoms with Gasteiger partial charge in [-0.25, -0.2) is 4.79 Å². The summed E-state index contributed by atoms with van der Waals surface area (Å²) in [6, 6.07) is 24.4. The van der Waals surface area contributed by atoms with Crippen molar-refractivity contribution in [1.82, 2.24) is 0 Å². The minimum atomic E-state index is -0.492.